The molecule has 1 aromatic carbocycles. The van der Waals surface area contributed by atoms with Gasteiger partial charge in [0.15, 0.2) is 0 Å². The highest BCUT2D eigenvalue weighted by molar-refractivity contribution is 5.99. The van der Waals surface area contributed by atoms with E-state index in [4.69, 9.17) is 0 Å². The van der Waals surface area contributed by atoms with Gasteiger partial charge >= 0.3 is 17.9 Å². The Morgan fingerprint density at radius 1 is 1.00 bits per heavy atom. The minimum atomic E-state index is -1.23. The molecule has 2 rings (SSSR count). The van der Waals surface area contributed by atoms with E-state index in [-0.39, 0.29) is 23.1 Å². The van der Waals surface area contributed by atoms with E-state index in [0.29, 0.717) is 22.5 Å². The normalized spacial score (nSPS) is 15.6. The van der Waals surface area contributed by atoms with Gasteiger partial charge in [-0.15, -0.1) is 0 Å². The van der Waals surface area contributed by atoms with Crippen molar-refractivity contribution in [1.29, 1.82) is 0 Å². The van der Waals surface area contributed by atoms with Gasteiger partial charge in [-0.1, -0.05) is 31.2 Å². The van der Waals surface area contributed by atoms with Crippen LogP contribution in [0.2, 0.25) is 0 Å². The molecule has 0 unspecified atom stereocenters. The third-order valence-corrected chi connectivity index (χ3v) is 4.51. The second-order valence-electron chi connectivity index (χ2n) is 6.20. The van der Waals surface area contributed by atoms with E-state index in [1.54, 1.807) is 45.0 Å². The summed E-state index contributed by atoms with van der Waals surface area (Å²) in [4.78, 5) is 35.2. The third-order valence-electron chi connectivity index (χ3n) is 4.51. The maximum atomic E-state index is 11.9. The van der Waals surface area contributed by atoms with Crippen LogP contribution in [0.4, 0.5) is 0 Å². The van der Waals surface area contributed by atoms with Crippen LogP contribution in [-0.2, 0) is 14.4 Å². The van der Waals surface area contributed by atoms with Crippen molar-refractivity contribution in [3.8, 4) is 0 Å². The summed E-state index contributed by atoms with van der Waals surface area (Å²) in [7, 11) is 0. The average Bonchev–Trinajstić information content (AvgIpc) is 2.58. The van der Waals surface area contributed by atoms with Crippen molar-refractivity contribution in [3.05, 3.63) is 63.5 Å². The molecule has 0 amide bonds. The molecule has 27 heavy (non-hydrogen) atoms. The Hall–Kier alpha value is -3.35. The molecule has 142 valence electrons. The van der Waals surface area contributed by atoms with Gasteiger partial charge in [0, 0.05) is 17.0 Å². The highest BCUT2D eigenvalue weighted by Gasteiger charge is 2.37. The topological polar surface area (TPSA) is 124 Å². The molecule has 0 atom stereocenters. The summed E-state index contributed by atoms with van der Waals surface area (Å²) < 4.78 is 0. The van der Waals surface area contributed by atoms with Crippen molar-refractivity contribution >= 4 is 24.0 Å². The predicted octanol–water partition coefficient (Wildman–Crippen LogP) is 2.97. The lowest BCUT2D eigenvalue weighted by Gasteiger charge is -2.29. The Morgan fingerprint density at radius 2 is 1.52 bits per heavy atom. The zero-order valence-corrected chi connectivity index (χ0v) is 15.2. The predicted molar refractivity (Wildman–Crippen MR) is 98.9 cm³/mol. The zero-order chi connectivity index (χ0) is 20.3. The van der Waals surface area contributed by atoms with Crippen LogP contribution in [0.1, 0.15) is 44.2 Å². The Bertz CT molecular complexity index is 871. The Labute approximate surface area is 156 Å². The average molecular weight is 371 g/mol. The molecule has 0 saturated carbocycles. The molecule has 1 heterocycles. The Kier molecular flexibility index (Phi) is 5.85. The SMILES string of the molecule is CC/C(=C\c1ccccc1C1C(C(=O)O)=C(C)NC(C)=C1C(=O)O)C(=O)O. The minimum absolute atomic E-state index is 0.0766. The molecule has 1 aliphatic heterocycles. The molecule has 0 fully saturated rings. The molecule has 0 aliphatic carbocycles. The molecule has 1 aromatic rings. The molecule has 7 nitrogen and oxygen atoms in total. The van der Waals surface area contributed by atoms with Crippen molar-refractivity contribution in [1.82, 2.24) is 5.32 Å². The first-order valence-corrected chi connectivity index (χ1v) is 8.36. The van der Waals surface area contributed by atoms with E-state index >= 15 is 0 Å². The van der Waals surface area contributed by atoms with Gasteiger partial charge in [-0.25, -0.2) is 14.4 Å². The highest BCUT2D eigenvalue weighted by atomic mass is 16.4. The standard InChI is InChI=1S/C20H21NO6/c1-4-12(18(22)23)9-13-7-5-6-8-14(13)17-15(19(24)25)10(2)21-11(3)16(17)20(26)27/h5-9,17,21H,4H2,1-3H3,(H,22,23)(H,24,25)(H,26,27)/b12-9+. The number of aliphatic carboxylic acids is 3. The number of carboxylic acid groups (broad SMARTS) is 3. The fourth-order valence-corrected chi connectivity index (χ4v) is 3.28. The molecule has 0 radical (unpaired) electrons. The third kappa shape index (κ3) is 3.92. The first-order valence-electron chi connectivity index (χ1n) is 8.36. The van der Waals surface area contributed by atoms with Gasteiger partial charge in [0.2, 0.25) is 0 Å². The Morgan fingerprint density at radius 3 is 1.96 bits per heavy atom. The maximum Gasteiger partial charge on any atom is 0.334 e. The van der Waals surface area contributed by atoms with E-state index in [1.165, 1.54) is 6.08 Å². The summed E-state index contributed by atoms with van der Waals surface area (Å²) in [6.07, 6.45) is 1.74. The van der Waals surface area contributed by atoms with Crippen molar-refractivity contribution in [2.75, 3.05) is 0 Å². The fraction of sp³-hybridized carbons (Fsp3) is 0.250. The smallest absolute Gasteiger partial charge is 0.334 e. The number of hydrogen-bond acceptors (Lipinski definition) is 4. The first-order chi connectivity index (χ1) is 12.7. The lowest BCUT2D eigenvalue weighted by molar-refractivity contribution is -0.134. The van der Waals surface area contributed by atoms with Crippen LogP contribution in [-0.4, -0.2) is 33.2 Å². The molecule has 0 aromatic heterocycles. The number of nitrogens with one attached hydrogen (secondary N) is 1. The number of rotatable bonds is 6. The highest BCUT2D eigenvalue weighted by Crippen LogP contribution is 2.40. The molecular weight excluding hydrogens is 350 g/mol. The number of allylic oxidation sites excluding steroid dienone is 2. The number of benzene rings is 1. The minimum Gasteiger partial charge on any atom is -0.478 e. The lowest BCUT2D eigenvalue weighted by Crippen LogP contribution is -2.31. The lowest BCUT2D eigenvalue weighted by atomic mass is 9.78. The number of hydrogen-bond donors (Lipinski definition) is 4. The number of carboxylic acids is 3. The molecule has 1 aliphatic rings. The van der Waals surface area contributed by atoms with Crippen LogP contribution in [0.3, 0.4) is 0 Å². The second kappa shape index (κ2) is 7.90. The van der Waals surface area contributed by atoms with E-state index in [9.17, 15) is 29.7 Å². The second-order valence-corrected chi connectivity index (χ2v) is 6.20. The van der Waals surface area contributed by atoms with Gasteiger partial charge in [0.25, 0.3) is 0 Å². The van der Waals surface area contributed by atoms with Gasteiger partial charge in [0.05, 0.1) is 17.1 Å². The molecule has 4 N–H and O–H groups in total. The quantitative estimate of drug-likeness (QED) is 0.567. The summed E-state index contributed by atoms with van der Waals surface area (Å²) in [5, 5.41) is 31.6. The van der Waals surface area contributed by atoms with E-state index in [1.807, 2.05) is 0 Å². The number of carbonyl (C=O) groups is 3. The van der Waals surface area contributed by atoms with Crippen LogP contribution in [0.15, 0.2) is 52.4 Å². The van der Waals surface area contributed by atoms with Crippen LogP contribution in [0.25, 0.3) is 6.08 Å². The van der Waals surface area contributed by atoms with Gasteiger partial charge in [-0.05, 0) is 37.5 Å². The molecule has 0 saturated heterocycles. The maximum absolute atomic E-state index is 11.9. The number of dihydropyridines is 1. The summed E-state index contributed by atoms with van der Waals surface area (Å²) in [6.45, 7) is 4.85. The van der Waals surface area contributed by atoms with Crippen molar-refractivity contribution in [2.24, 2.45) is 0 Å². The van der Waals surface area contributed by atoms with Gasteiger partial charge in [0.1, 0.15) is 0 Å². The molecule has 7 heteroatoms. The van der Waals surface area contributed by atoms with Crippen LogP contribution in [0.5, 0.6) is 0 Å². The fourth-order valence-electron chi connectivity index (χ4n) is 3.28. The zero-order valence-electron chi connectivity index (χ0n) is 15.2. The largest absolute Gasteiger partial charge is 0.478 e. The van der Waals surface area contributed by atoms with E-state index in [2.05, 4.69) is 5.32 Å². The summed E-state index contributed by atoms with van der Waals surface area (Å²) in [5.41, 5.74) is 1.60. The van der Waals surface area contributed by atoms with Crippen LogP contribution < -0.4 is 5.32 Å². The summed E-state index contributed by atoms with van der Waals surface area (Å²) in [5.74, 6) is -4.57. The van der Waals surface area contributed by atoms with Crippen molar-refractivity contribution in [3.63, 3.8) is 0 Å². The summed E-state index contributed by atoms with van der Waals surface area (Å²) in [6, 6.07) is 6.65. The summed E-state index contributed by atoms with van der Waals surface area (Å²) >= 11 is 0. The van der Waals surface area contributed by atoms with E-state index in [0.717, 1.165) is 0 Å². The van der Waals surface area contributed by atoms with Gasteiger partial charge in [-0.2, -0.15) is 0 Å². The van der Waals surface area contributed by atoms with Gasteiger partial charge in [-0.3, -0.25) is 0 Å². The monoisotopic (exact) mass is 371 g/mol. The molecule has 0 bridgehead atoms. The Balaban J connectivity index is 2.80. The van der Waals surface area contributed by atoms with Crippen molar-refractivity contribution < 1.29 is 29.7 Å². The van der Waals surface area contributed by atoms with Crippen LogP contribution in [0, 0.1) is 0 Å². The first kappa shape index (κ1) is 20.0. The molecule has 0 spiro atoms. The van der Waals surface area contributed by atoms with E-state index < -0.39 is 23.8 Å². The van der Waals surface area contributed by atoms with Crippen molar-refractivity contribution in [2.45, 2.75) is 33.1 Å². The van der Waals surface area contributed by atoms with Crippen LogP contribution >= 0.6 is 0 Å². The molecular formula is C20H21NO6. The van der Waals surface area contributed by atoms with Gasteiger partial charge < -0.3 is 20.6 Å².